The van der Waals surface area contributed by atoms with Gasteiger partial charge in [0.05, 0.1) is 10.6 Å². The van der Waals surface area contributed by atoms with Gasteiger partial charge in [-0.15, -0.1) is 0 Å². The number of carboxylic acids is 1. The van der Waals surface area contributed by atoms with Crippen LogP contribution >= 0.6 is 11.6 Å². The number of hydrogen-bond acceptors (Lipinski definition) is 3. The van der Waals surface area contributed by atoms with Gasteiger partial charge in [0.2, 0.25) is 10.0 Å². The molecule has 0 saturated carbocycles. The summed E-state index contributed by atoms with van der Waals surface area (Å²) in [7, 11) is -4.23. The zero-order valence-corrected chi connectivity index (χ0v) is 14.9. The lowest BCUT2D eigenvalue weighted by Crippen LogP contribution is -2.21. The Kier molecular flexibility index (Phi) is 7.09. The number of sulfonamides is 1. The van der Waals surface area contributed by atoms with E-state index in [1.165, 1.54) is 24.3 Å². The molecule has 0 heterocycles. The van der Waals surface area contributed by atoms with Crippen LogP contribution in [-0.2, 0) is 21.0 Å². The van der Waals surface area contributed by atoms with Crippen LogP contribution in [0, 0.1) is 0 Å². The predicted octanol–water partition coefficient (Wildman–Crippen LogP) is 4.31. The summed E-state index contributed by atoms with van der Waals surface area (Å²) in [4.78, 5) is 8.35. The maximum absolute atomic E-state index is 13.1. The third kappa shape index (κ3) is 6.11. The molecule has 5 nitrogen and oxygen atoms in total. The summed E-state index contributed by atoms with van der Waals surface area (Å²) in [6.45, 7) is 0. The molecule has 0 aliphatic heterocycles. The molecule has 2 aromatic rings. The van der Waals surface area contributed by atoms with Crippen molar-refractivity contribution in [1.82, 2.24) is 0 Å². The van der Waals surface area contributed by atoms with E-state index in [0.717, 1.165) is 6.07 Å². The van der Waals surface area contributed by atoms with E-state index in [2.05, 4.69) is 0 Å². The molecule has 0 aromatic heterocycles. The smallest absolute Gasteiger partial charge is 0.475 e. The maximum atomic E-state index is 13.1. The minimum absolute atomic E-state index is 0.153. The number of nitrogens with two attached hydrogens (primary N) is 1. The van der Waals surface area contributed by atoms with Crippen molar-refractivity contribution >= 4 is 27.6 Å². The van der Waals surface area contributed by atoms with E-state index in [1.54, 1.807) is 6.07 Å². The summed E-state index contributed by atoms with van der Waals surface area (Å²) < 4.78 is 93.9. The molecular formula is C15H10ClF6NO4S. The van der Waals surface area contributed by atoms with Crippen LogP contribution in [0.1, 0.15) is 5.56 Å². The van der Waals surface area contributed by atoms with Crippen molar-refractivity contribution in [3.8, 4) is 11.1 Å². The number of carboxylic acid groups (broad SMARTS) is 1. The Bertz CT molecular complexity index is 959. The average Bonchev–Trinajstić information content (AvgIpc) is 2.53. The van der Waals surface area contributed by atoms with Gasteiger partial charge in [-0.3, -0.25) is 0 Å². The molecular weight excluding hydrogens is 440 g/mol. The molecule has 0 fully saturated rings. The van der Waals surface area contributed by atoms with Crippen molar-refractivity contribution < 1.29 is 44.7 Å². The van der Waals surface area contributed by atoms with E-state index in [9.17, 15) is 34.8 Å². The fraction of sp³-hybridized carbons (Fsp3) is 0.133. The highest BCUT2D eigenvalue weighted by molar-refractivity contribution is 7.89. The van der Waals surface area contributed by atoms with Gasteiger partial charge in [0.1, 0.15) is 4.90 Å². The Morgan fingerprint density at radius 2 is 1.43 bits per heavy atom. The Labute approximate surface area is 159 Å². The quantitative estimate of drug-likeness (QED) is 0.668. The normalized spacial score (nSPS) is 12.1. The molecule has 3 N–H and O–H groups in total. The molecule has 0 saturated heterocycles. The van der Waals surface area contributed by atoms with E-state index >= 15 is 0 Å². The highest BCUT2D eigenvalue weighted by Gasteiger charge is 2.38. The standard InChI is InChI=1S/C13H9ClF3NO2S.C2HF3O2/c14-12-10(21(18,19)20)7-6-9(13(15,16)17)11(12)8-4-2-1-3-5-8;3-2(4,5)1(6)7/h1-7H,(H2,18,19,20);(H,6,7). The summed E-state index contributed by atoms with van der Waals surface area (Å²) in [5.74, 6) is -2.76. The maximum Gasteiger partial charge on any atom is 0.490 e. The van der Waals surface area contributed by atoms with Gasteiger partial charge in [-0.2, -0.15) is 26.3 Å². The summed E-state index contributed by atoms with van der Waals surface area (Å²) in [6.07, 6.45) is -9.76. The highest BCUT2D eigenvalue weighted by atomic mass is 35.5. The number of aliphatic carboxylic acids is 1. The number of alkyl halides is 6. The molecule has 0 unspecified atom stereocenters. The first kappa shape index (κ1) is 23.7. The van der Waals surface area contributed by atoms with Crippen molar-refractivity contribution in [2.75, 3.05) is 0 Å². The molecule has 0 bridgehead atoms. The Balaban J connectivity index is 0.000000480. The van der Waals surface area contributed by atoms with Crippen LogP contribution in [0.25, 0.3) is 11.1 Å². The van der Waals surface area contributed by atoms with E-state index in [1.807, 2.05) is 0 Å². The van der Waals surface area contributed by atoms with Gasteiger partial charge in [0.25, 0.3) is 0 Å². The first-order valence-corrected chi connectivity index (χ1v) is 8.77. The highest BCUT2D eigenvalue weighted by Crippen LogP contribution is 2.43. The van der Waals surface area contributed by atoms with Crippen molar-refractivity contribution in [3.05, 3.63) is 53.1 Å². The minimum atomic E-state index is -5.08. The third-order valence-corrected chi connectivity index (χ3v) is 4.48. The third-order valence-electron chi connectivity index (χ3n) is 3.02. The number of carbonyl (C=O) groups is 1. The SMILES string of the molecule is NS(=O)(=O)c1ccc(C(F)(F)F)c(-c2ccccc2)c1Cl.O=C(O)C(F)(F)F. The molecule has 0 atom stereocenters. The lowest BCUT2D eigenvalue weighted by molar-refractivity contribution is -0.192. The van der Waals surface area contributed by atoms with Crippen LogP contribution in [0.4, 0.5) is 26.3 Å². The molecule has 0 aliphatic rings. The number of benzene rings is 2. The number of primary sulfonamides is 1. The fourth-order valence-electron chi connectivity index (χ4n) is 1.90. The van der Waals surface area contributed by atoms with E-state index in [0.29, 0.717) is 6.07 Å². The van der Waals surface area contributed by atoms with Gasteiger partial charge in [0.15, 0.2) is 0 Å². The molecule has 28 heavy (non-hydrogen) atoms. The largest absolute Gasteiger partial charge is 0.490 e. The van der Waals surface area contributed by atoms with Gasteiger partial charge < -0.3 is 5.11 Å². The molecule has 0 amide bonds. The lowest BCUT2D eigenvalue weighted by atomic mass is 9.99. The van der Waals surface area contributed by atoms with Gasteiger partial charge in [-0.1, -0.05) is 41.9 Å². The van der Waals surface area contributed by atoms with Gasteiger partial charge in [0, 0.05) is 5.56 Å². The number of hydrogen-bond donors (Lipinski definition) is 2. The van der Waals surface area contributed by atoms with E-state index < -0.39 is 49.4 Å². The second kappa shape index (κ2) is 8.37. The molecule has 13 heteroatoms. The number of halogens is 7. The molecule has 2 rings (SSSR count). The van der Waals surface area contributed by atoms with Crippen LogP contribution in [0.15, 0.2) is 47.4 Å². The van der Waals surface area contributed by atoms with Crippen LogP contribution in [-0.4, -0.2) is 25.7 Å². The summed E-state index contributed by atoms with van der Waals surface area (Å²) in [6, 6.07) is 8.90. The van der Waals surface area contributed by atoms with Crippen molar-refractivity contribution in [2.24, 2.45) is 5.14 Å². The average molecular weight is 450 g/mol. The first-order chi connectivity index (χ1) is 12.6. The molecule has 0 aliphatic carbocycles. The zero-order valence-electron chi connectivity index (χ0n) is 13.3. The first-order valence-electron chi connectivity index (χ1n) is 6.85. The van der Waals surface area contributed by atoms with Crippen LogP contribution in [0.5, 0.6) is 0 Å². The molecule has 0 spiro atoms. The Hall–Kier alpha value is -2.31. The minimum Gasteiger partial charge on any atom is -0.475 e. The zero-order chi connectivity index (χ0) is 21.9. The van der Waals surface area contributed by atoms with Crippen molar-refractivity contribution in [1.29, 1.82) is 0 Å². The second-order valence-electron chi connectivity index (χ2n) is 5.01. The number of rotatable bonds is 2. The van der Waals surface area contributed by atoms with Crippen LogP contribution < -0.4 is 5.14 Å². The van der Waals surface area contributed by atoms with Crippen LogP contribution in [0.3, 0.4) is 0 Å². The second-order valence-corrected chi connectivity index (χ2v) is 6.92. The summed E-state index contributed by atoms with van der Waals surface area (Å²) in [5.41, 5.74) is -1.28. The summed E-state index contributed by atoms with van der Waals surface area (Å²) in [5, 5.41) is 11.6. The predicted molar refractivity (Wildman–Crippen MR) is 87.0 cm³/mol. The fourth-order valence-corrected chi connectivity index (χ4v) is 3.11. The van der Waals surface area contributed by atoms with Gasteiger partial charge >= 0.3 is 18.3 Å². The Morgan fingerprint density at radius 3 is 1.79 bits per heavy atom. The Morgan fingerprint density at radius 1 is 0.964 bits per heavy atom. The molecule has 154 valence electrons. The van der Waals surface area contributed by atoms with Crippen molar-refractivity contribution in [2.45, 2.75) is 17.2 Å². The van der Waals surface area contributed by atoms with Crippen LogP contribution in [0.2, 0.25) is 5.02 Å². The van der Waals surface area contributed by atoms with Gasteiger partial charge in [-0.25, -0.2) is 18.4 Å². The monoisotopic (exact) mass is 449 g/mol. The lowest BCUT2D eigenvalue weighted by Gasteiger charge is -2.16. The molecule has 0 radical (unpaired) electrons. The van der Waals surface area contributed by atoms with Gasteiger partial charge in [-0.05, 0) is 17.7 Å². The van der Waals surface area contributed by atoms with E-state index in [-0.39, 0.29) is 5.56 Å². The molecule has 2 aromatic carbocycles. The topological polar surface area (TPSA) is 97.5 Å². The summed E-state index contributed by atoms with van der Waals surface area (Å²) >= 11 is 5.88. The van der Waals surface area contributed by atoms with Crippen molar-refractivity contribution in [3.63, 3.8) is 0 Å². The van der Waals surface area contributed by atoms with E-state index in [4.69, 9.17) is 26.6 Å².